The molecular weight excluding hydrogens is 258 g/mol. The lowest BCUT2D eigenvalue weighted by atomic mass is 10.1. The maximum atomic E-state index is 10.8. The van der Waals surface area contributed by atoms with Crippen molar-refractivity contribution >= 4 is 23.8 Å². The second-order valence-electron chi connectivity index (χ2n) is 4.04. The fraction of sp³-hybridized carbons (Fsp3) is 0. The first-order valence-electron chi connectivity index (χ1n) is 5.77. The number of carboxylic acids is 2. The monoisotopic (exact) mass is 269 g/mol. The second-order valence-corrected chi connectivity index (χ2v) is 4.04. The zero-order valence-corrected chi connectivity index (χ0v) is 10.4. The molecule has 0 amide bonds. The number of benzene rings is 2. The third kappa shape index (κ3) is 3.29. The summed E-state index contributed by atoms with van der Waals surface area (Å²) in [6, 6.07) is 12.5. The molecule has 0 unspecified atom stereocenters. The summed E-state index contributed by atoms with van der Waals surface area (Å²) in [5, 5.41) is 17.6. The molecule has 0 bridgehead atoms. The zero-order chi connectivity index (χ0) is 14.5. The van der Waals surface area contributed by atoms with Gasteiger partial charge in [-0.3, -0.25) is 4.99 Å². The molecule has 2 N–H and O–H groups in total. The minimum atomic E-state index is -1.01. The maximum absolute atomic E-state index is 10.8. The van der Waals surface area contributed by atoms with E-state index in [1.54, 1.807) is 30.5 Å². The fourth-order valence-corrected chi connectivity index (χ4v) is 1.58. The molecular formula is C15H11NO4. The second kappa shape index (κ2) is 5.79. The van der Waals surface area contributed by atoms with Gasteiger partial charge in [-0.25, -0.2) is 9.59 Å². The minimum absolute atomic E-state index is 0.167. The van der Waals surface area contributed by atoms with Gasteiger partial charge in [0.25, 0.3) is 0 Å². The van der Waals surface area contributed by atoms with Crippen LogP contribution in [-0.2, 0) is 0 Å². The first kappa shape index (κ1) is 13.5. The molecule has 5 heteroatoms. The first-order chi connectivity index (χ1) is 9.56. The summed E-state index contributed by atoms with van der Waals surface area (Å²) >= 11 is 0. The largest absolute Gasteiger partial charge is 0.478 e. The summed E-state index contributed by atoms with van der Waals surface area (Å²) in [4.78, 5) is 25.7. The lowest BCUT2D eigenvalue weighted by molar-refractivity contribution is 0.0686. The van der Waals surface area contributed by atoms with Crippen molar-refractivity contribution in [2.75, 3.05) is 0 Å². The molecule has 0 heterocycles. The molecule has 0 atom stereocenters. The van der Waals surface area contributed by atoms with Crippen LogP contribution in [0.25, 0.3) is 0 Å². The molecule has 0 saturated heterocycles. The number of carbonyl (C=O) groups is 2. The van der Waals surface area contributed by atoms with E-state index in [9.17, 15) is 9.59 Å². The van der Waals surface area contributed by atoms with Crippen molar-refractivity contribution in [3.05, 3.63) is 65.2 Å². The van der Waals surface area contributed by atoms with Gasteiger partial charge in [0.2, 0.25) is 0 Å². The van der Waals surface area contributed by atoms with E-state index in [-0.39, 0.29) is 11.1 Å². The third-order valence-electron chi connectivity index (χ3n) is 2.61. The lowest BCUT2D eigenvalue weighted by Gasteiger charge is -1.98. The summed E-state index contributed by atoms with van der Waals surface area (Å²) in [5.41, 5.74) is 1.62. The van der Waals surface area contributed by atoms with Gasteiger partial charge in [0.1, 0.15) is 0 Å². The Balaban J connectivity index is 2.18. The van der Waals surface area contributed by atoms with E-state index >= 15 is 0 Å². The first-order valence-corrected chi connectivity index (χ1v) is 5.77. The number of carboxylic acid groups (broad SMARTS) is 2. The normalized spacial score (nSPS) is 10.6. The van der Waals surface area contributed by atoms with Crippen LogP contribution in [0.3, 0.4) is 0 Å². The van der Waals surface area contributed by atoms with Gasteiger partial charge in [-0.05, 0) is 35.9 Å². The molecule has 2 rings (SSSR count). The minimum Gasteiger partial charge on any atom is -0.478 e. The van der Waals surface area contributed by atoms with Crippen LogP contribution in [-0.4, -0.2) is 28.4 Å². The average molecular weight is 269 g/mol. The van der Waals surface area contributed by atoms with Crippen molar-refractivity contribution in [2.45, 2.75) is 0 Å². The Bertz CT molecular complexity index is 675. The van der Waals surface area contributed by atoms with Crippen molar-refractivity contribution in [1.29, 1.82) is 0 Å². The predicted octanol–water partition coefficient (Wildman–Crippen LogP) is 2.83. The molecule has 0 saturated carbocycles. The van der Waals surface area contributed by atoms with Gasteiger partial charge in [-0.2, -0.15) is 0 Å². The molecule has 0 aliphatic heterocycles. The van der Waals surface area contributed by atoms with Crippen molar-refractivity contribution in [3.8, 4) is 0 Å². The molecule has 0 radical (unpaired) electrons. The van der Waals surface area contributed by atoms with Crippen molar-refractivity contribution in [2.24, 2.45) is 4.99 Å². The highest BCUT2D eigenvalue weighted by atomic mass is 16.4. The molecule has 0 aliphatic rings. The van der Waals surface area contributed by atoms with E-state index in [4.69, 9.17) is 10.2 Å². The molecule has 20 heavy (non-hydrogen) atoms. The zero-order valence-electron chi connectivity index (χ0n) is 10.4. The van der Waals surface area contributed by atoms with Gasteiger partial charge in [0.05, 0.1) is 16.8 Å². The number of aliphatic imine (C=N–C) groups is 1. The van der Waals surface area contributed by atoms with Crippen LogP contribution < -0.4 is 0 Å². The van der Waals surface area contributed by atoms with E-state index in [2.05, 4.69) is 4.99 Å². The maximum Gasteiger partial charge on any atom is 0.335 e. The molecule has 0 aliphatic carbocycles. The Labute approximate surface area is 114 Å². The Kier molecular flexibility index (Phi) is 3.91. The summed E-state index contributed by atoms with van der Waals surface area (Å²) in [5.74, 6) is -1.99. The van der Waals surface area contributed by atoms with Gasteiger partial charge in [-0.15, -0.1) is 0 Å². The SMILES string of the molecule is O=C(O)c1ccc(C=Nc2cccc(C(=O)O)c2)cc1. The average Bonchev–Trinajstić information content (AvgIpc) is 2.46. The molecule has 0 aromatic heterocycles. The van der Waals surface area contributed by atoms with Gasteiger partial charge >= 0.3 is 11.9 Å². The molecule has 2 aromatic rings. The third-order valence-corrected chi connectivity index (χ3v) is 2.61. The number of hydrogen-bond donors (Lipinski definition) is 2. The number of nitrogens with zero attached hydrogens (tertiary/aromatic N) is 1. The van der Waals surface area contributed by atoms with E-state index < -0.39 is 11.9 Å². The predicted molar refractivity (Wildman–Crippen MR) is 74.1 cm³/mol. The highest BCUT2D eigenvalue weighted by molar-refractivity contribution is 5.90. The van der Waals surface area contributed by atoms with E-state index in [1.165, 1.54) is 24.3 Å². The van der Waals surface area contributed by atoms with Crippen molar-refractivity contribution in [3.63, 3.8) is 0 Å². The van der Waals surface area contributed by atoms with Crippen LogP contribution in [0.15, 0.2) is 53.5 Å². The molecule has 0 spiro atoms. The van der Waals surface area contributed by atoms with Gasteiger partial charge < -0.3 is 10.2 Å². The van der Waals surface area contributed by atoms with E-state index in [1.807, 2.05) is 0 Å². The van der Waals surface area contributed by atoms with Crippen LogP contribution in [0.5, 0.6) is 0 Å². The summed E-state index contributed by atoms with van der Waals surface area (Å²) in [6.45, 7) is 0. The van der Waals surface area contributed by atoms with Gasteiger partial charge in [0.15, 0.2) is 0 Å². The van der Waals surface area contributed by atoms with E-state index in [0.717, 1.165) is 5.56 Å². The Hall–Kier alpha value is -2.95. The van der Waals surface area contributed by atoms with Gasteiger partial charge in [-0.1, -0.05) is 18.2 Å². The molecule has 5 nitrogen and oxygen atoms in total. The summed E-state index contributed by atoms with van der Waals surface area (Å²) in [6.07, 6.45) is 1.55. The number of rotatable bonds is 4. The Morgan fingerprint density at radius 3 is 2.15 bits per heavy atom. The van der Waals surface area contributed by atoms with E-state index in [0.29, 0.717) is 5.69 Å². The molecule has 0 fully saturated rings. The smallest absolute Gasteiger partial charge is 0.335 e. The number of aromatic carboxylic acids is 2. The summed E-state index contributed by atoms with van der Waals surface area (Å²) < 4.78 is 0. The van der Waals surface area contributed by atoms with Crippen LogP contribution >= 0.6 is 0 Å². The number of hydrogen-bond acceptors (Lipinski definition) is 3. The Morgan fingerprint density at radius 2 is 1.55 bits per heavy atom. The quantitative estimate of drug-likeness (QED) is 0.835. The standard InChI is InChI=1S/C15H11NO4/c17-14(18)11-6-4-10(5-7-11)9-16-13-3-1-2-12(8-13)15(19)20/h1-9H,(H,17,18)(H,19,20). The Morgan fingerprint density at radius 1 is 0.900 bits per heavy atom. The molecule has 2 aromatic carbocycles. The highest BCUT2D eigenvalue weighted by Gasteiger charge is 2.02. The van der Waals surface area contributed by atoms with Crippen molar-refractivity contribution < 1.29 is 19.8 Å². The van der Waals surface area contributed by atoms with Crippen LogP contribution in [0.1, 0.15) is 26.3 Å². The van der Waals surface area contributed by atoms with Gasteiger partial charge in [0, 0.05) is 6.21 Å². The lowest BCUT2D eigenvalue weighted by Crippen LogP contribution is -1.95. The summed E-state index contributed by atoms with van der Waals surface area (Å²) in [7, 11) is 0. The van der Waals surface area contributed by atoms with Crippen molar-refractivity contribution in [1.82, 2.24) is 0 Å². The highest BCUT2D eigenvalue weighted by Crippen LogP contribution is 2.14. The topological polar surface area (TPSA) is 87.0 Å². The van der Waals surface area contributed by atoms with Crippen LogP contribution in [0.4, 0.5) is 5.69 Å². The molecule has 100 valence electrons. The fourth-order valence-electron chi connectivity index (χ4n) is 1.58. The van der Waals surface area contributed by atoms with Crippen LogP contribution in [0.2, 0.25) is 0 Å². The van der Waals surface area contributed by atoms with Crippen LogP contribution in [0, 0.1) is 0 Å².